The highest BCUT2D eigenvalue weighted by Gasteiger charge is 2.23. The molecule has 2 atom stereocenters. The third-order valence-corrected chi connectivity index (χ3v) is 5.68. The minimum absolute atomic E-state index is 0.772. The van der Waals surface area contributed by atoms with Crippen LogP contribution < -0.4 is 10.6 Å². The van der Waals surface area contributed by atoms with Crippen LogP contribution in [0.15, 0.2) is 0 Å². The van der Waals surface area contributed by atoms with Crippen molar-refractivity contribution in [3.05, 3.63) is 0 Å². The molecule has 2 fully saturated rings. The van der Waals surface area contributed by atoms with Crippen LogP contribution in [-0.4, -0.2) is 74.2 Å². The topological polar surface area (TPSA) is 30.5 Å². The summed E-state index contributed by atoms with van der Waals surface area (Å²) in [7, 11) is 0. The summed E-state index contributed by atoms with van der Waals surface area (Å²) >= 11 is 0. The van der Waals surface area contributed by atoms with Crippen molar-refractivity contribution in [3.8, 4) is 0 Å². The van der Waals surface area contributed by atoms with Gasteiger partial charge in [0.25, 0.3) is 0 Å². The molecule has 2 saturated heterocycles. The Morgan fingerprint density at radius 2 is 1.39 bits per heavy atom. The van der Waals surface area contributed by atoms with Crippen LogP contribution in [-0.2, 0) is 0 Å². The highest BCUT2D eigenvalue weighted by Crippen LogP contribution is 2.21. The SMILES string of the molecule is C[C@@H]1CCC[C@H](C)N1CCNCCNCCCN1CCCCC1. The molecule has 2 N–H and O–H groups in total. The Labute approximate surface area is 144 Å². The summed E-state index contributed by atoms with van der Waals surface area (Å²) in [6.45, 7) is 14.4. The van der Waals surface area contributed by atoms with Gasteiger partial charge in [0.05, 0.1) is 0 Å². The van der Waals surface area contributed by atoms with Crippen molar-refractivity contribution in [2.45, 2.75) is 70.9 Å². The first kappa shape index (κ1) is 19.2. The number of piperidine rings is 2. The largest absolute Gasteiger partial charge is 0.315 e. The second-order valence-corrected chi connectivity index (χ2v) is 7.62. The smallest absolute Gasteiger partial charge is 0.0112 e. The van der Waals surface area contributed by atoms with Crippen molar-refractivity contribution < 1.29 is 0 Å². The first-order valence-electron chi connectivity index (χ1n) is 10.2. The number of nitrogens with one attached hydrogen (secondary N) is 2. The van der Waals surface area contributed by atoms with Gasteiger partial charge in [0.1, 0.15) is 0 Å². The summed E-state index contributed by atoms with van der Waals surface area (Å²) in [5.74, 6) is 0. The zero-order valence-corrected chi connectivity index (χ0v) is 15.7. The maximum absolute atomic E-state index is 3.60. The van der Waals surface area contributed by atoms with Crippen LogP contribution >= 0.6 is 0 Å². The van der Waals surface area contributed by atoms with E-state index in [0.29, 0.717) is 0 Å². The molecule has 2 rings (SSSR count). The maximum Gasteiger partial charge on any atom is 0.0112 e. The molecular weight excluding hydrogens is 284 g/mol. The number of likely N-dealkylation sites (tertiary alicyclic amines) is 2. The molecule has 0 bridgehead atoms. The summed E-state index contributed by atoms with van der Waals surface area (Å²) in [6.07, 6.45) is 9.72. The summed E-state index contributed by atoms with van der Waals surface area (Å²) in [5, 5.41) is 7.18. The van der Waals surface area contributed by atoms with E-state index < -0.39 is 0 Å². The number of hydrogen-bond acceptors (Lipinski definition) is 4. The summed E-state index contributed by atoms with van der Waals surface area (Å²) < 4.78 is 0. The predicted octanol–water partition coefficient (Wildman–Crippen LogP) is 2.30. The van der Waals surface area contributed by atoms with Gasteiger partial charge in [-0.1, -0.05) is 12.8 Å². The van der Waals surface area contributed by atoms with Crippen LogP contribution in [0.3, 0.4) is 0 Å². The Kier molecular flexibility index (Phi) is 9.50. The van der Waals surface area contributed by atoms with Gasteiger partial charge in [0.15, 0.2) is 0 Å². The Balaban J connectivity index is 1.38. The minimum Gasteiger partial charge on any atom is -0.315 e. The lowest BCUT2D eigenvalue weighted by molar-refractivity contribution is 0.105. The molecule has 4 nitrogen and oxygen atoms in total. The molecule has 2 heterocycles. The van der Waals surface area contributed by atoms with E-state index in [0.717, 1.165) is 31.7 Å². The molecule has 0 radical (unpaired) electrons. The molecule has 2 aliphatic rings. The van der Waals surface area contributed by atoms with E-state index in [-0.39, 0.29) is 0 Å². The molecule has 2 aliphatic heterocycles. The number of rotatable bonds is 10. The van der Waals surface area contributed by atoms with E-state index >= 15 is 0 Å². The molecular formula is C19H40N4. The van der Waals surface area contributed by atoms with Gasteiger partial charge in [-0.25, -0.2) is 0 Å². The minimum atomic E-state index is 0.772. The molecule has 23 heavy (non-hydrogen) atoms. The Morgan fingerprint density at radius 1 is 0.739 bits per heavy atom. The Hall–Kier alpha value is -0.160. The van der Waals surface area contributed by atoms with Gasteiger partial charge in [-0.15, -0.1) is 0 Å². The third kappa shape index (κ3) is 7.51. The quantitative estimate of drug-likeness (QED) is 0.604. The predicted molar refractivity (Wildman–Crippen MR) is 100 cm³/mol. The summed E-state index contributed by atoms with van der Waals surface area (Å²) in [5.41, 5.74) is 0. The van der Waals surface area contributed by atoms with Gasteiger partial charge in [-0.05, 0) is 72.1 Å². The van der Waals surface area contributed by atoms with E-state index in [1.54, 1.807) is 0 Å². The highest BCUT2D eigenvalue weighted by molar-refractivity contribution is 4.79. The lowest BCUT2D eigenvalue weighted by Gasteiger charge is -2.39. The van der Waals surface area contributed by atoms with Crippen molar-refractivity contribution in [2.75, 3.05) is 52.4 Å². The number of nitrogens with zero attached hydrogens (tertiary/aromatic N) is 2. The van der Waals surface area contributed by atoms with Crippen molar-refractivity contribution in [3.63, 3.8) is 0 Å². The summed E-state index contributed by atoms with van der Waals surface area (Å²) in [6, 6.07) is 1.54. The maximum atomic E-state index is 3.60. The monoisotopic (exact) mass is 324 g/mol. The average molecular weight is 325 g/mol. The van der Waals surface area contributed by atoms with Gasteiger partial charge in [0.2, 0.25) is 0 Å². The molecule has 0 aromatic rings. The van der Waals surface area contributed by atoms with Gasteiger partial charge >= 0.3 is 0 Å². The van der Waals surface area contributed by atoms with Crippen molar-refractivity contribution in [1.29, 1.82) is 0 Å². The van der Waals surface area contributed by atoms with Crippen molar-refractivity contribution in [1.82, 2.24) is 20.4 Å². The average Bonchev–Trinajstić information content (AvgIpc) is 2.56. The molecule has 0 saturated carbocycles. The molecule has 0 aromatic heterocycles. The fraction of sp³-hybridized carbons (Fsp3) is 1.00. The molecule has 0 aliphatic carbocycles. The van der Waals surface area contributed by atoms with Gasteiger partial charge in [-0.2, -0.15) is 0 Å². The lowest BCUT2D eigenvalue weighted by atomic mass is 9.98. The van der Waals surface area contributed by atoms with Crippen LogP contribution in [0.1, 0.15) is 58.8 Å². The fourth-order valence-electron chi connectivity index (χ4n) is 4.16. The van der Waals surface area contributed by atoms with E-state index in [4.69, 9.17) is 0 Å². The van der Waals surface area contributed by atoms with E-state index in [9.17, 15) is 0 Å². The second kappa shape index (κ2) is 11.4. The molecule has 0 spiro atoms. The van der Waals surface area contributed by atoms with Crippen molar-refractivity contribution >= 4 is 0 Å². The third-order valence-electron chi connectivity index (χ3n) is 5.68. The van der Waals surface area contributed by atoms with Gasteiger partial charge in [0, 0.05) is 38.3 Å². The van der Waals surface area contributed by atoms with E-state index in [1.165, 1.54) is 77.7 Å². The molecule has 0 aromatic carbocycles. The first-order chi connectivity index (χ1) is 11.3. The standard InChI is InChI=1S/C19H40N4/c1-18-8-6-9-19(2)23(18)17-13-21-12-11-20-10-7-16-22-14-4-3-5-15-22/h18-21H,3-17H2,1-2H3/t18-,19+. The lowest BCUT2D eigenvalue weighted by Crippen LogP contribution is -2.47. The van der Waals surface area contributed by atoms with E-state index in [1.807, 2.05) is 0 Å². The van der Waals surface area contributed by atoms with Crippen LogP contribution in [0.5, 0.6) is 0 Å². The number of hydrogen-bond donors (Lipinski definition) is 2. The zero-order valence-electron chi connectivity index (χ0n) is 15.7. The van der Waals surface area contributed by atoms with Crippen LogP contribution in [0.25, 0.3) is 0 Å². The molecule has 0 amide bonds. The highest BCUT2D eigenvalue weighted by atomic mass is 15.2. The van der Waals surface area contributed by atoms with Gasteiger partial charge in [-0.3, -0.25) is 4.90 Å². The van der Waals surface area contributed by atoms with Crippen LogP contribution in [0.2, 0.25) is 0 Å². The fourth-order valence-corrected chi connectivity index (χ4v) is 4.16. The zero-order chi connectivity index (χ0) is 16.3. The second-order valence-electron chi connectivity index (χ2n) is 7.62. The first-order valence-corrected chi connectivity index (χ1v) is 10.2. The Bertz CT molecular complexity index is 281. The van der Waals surface area contributed by atoms with E-state index in [2.05, 4.69) is 34.3 Å². The van der Waals surface area contributed by atoms with Gasteiger partial charge < -0.3 is 15.5 Å². The Morgan fingerprint density at radius 3 is 2.09 bits per heavy atom. The summed E-state index contributed by atoms with van der Waals surface area (Å²) in [4.78, 5) is 5.31. The molecule has 4 heteroatoms. The molecule has 0 unspecified atom stereocenters. The molecule has 136 valence electrons. The normalized spacial score (nSPS) is 27.4. The van der Waals surface area contributed by atoms with Crippen LogP contribution in [0, 0.1) is 0 Å². The van der Waals surface area contributed by atoms with Crippen molar-refractivity contribution in [2.24, 2.45) is 0 Å². The van der Waals surface area contributed by atoms with Crippen LogP contribution in [0.4, 0.5) is 0 Å².